The highest BCUT2D eigenvalue weighted by Gasteiger charge is 2.50. The van der Waals surface area contributed by atoms with Crippen molar-refractivity contribution in [1.29, 1.82) is 0 Å². The van der Waals surface area contributed by atoms with Crippen LogP contribution < -0.4 is 15.0 Å². The number of imide groups is 1. The molecule has 8 heteroatoms. The van der Waals surface area contributed by atoms with Gasteiger partial charge in [-0.15, -0.1) is 0 Å². The molecule has 1 aliphatic carbocycles. The second kappa shape index (κ2) is 9.28. The van der Waals surface area contributed by atoms with Crippen LogP contribution in [-0.2, 0) is 19.1 Å². The number of nitrogens with zero attached hydrogens (tertiary/aromatic N) is 1. The lowest BCUT2D eigenvalue weighted by molar-refractivity contribution is -0.123. The summed E-state index contributed by atoms with van der Waals surface area (Å²) < 4.78 is 10.2. The van der Waals surface area contributed by atoms with Crippen LogP contribution in [0.1, 0.15) is 23.7 Å². The van der Waals surface area contributed by atoms with E-state index in [1.54, 1.807) is 24.3 Å². The van der Waals surface area contributed by atoms with Gasteiger partial charge in [-0.05, 0) is 48.7 Å². The molecule has 3 atom stereocenters. The second-order valence-electron chi connectivity index (χ2n) is 8.07. The Morgan fingerprint density at radius 2 is 1.85 bits per heavy atom. The Bertz CT molecular complexity index is 1120. The van der Waals surface area contributed by atoms with Crippen LogP contribution in [0.4, 0.5) is 11.4 Å². The lowest BCUT2D eigenvalue weighted by Gasteiger charge is -2.22. The van der Waals surface area contributed by atoms with Gasteiger partial charge in [0.25, 0.3) is 5.91 Å². The zero-order valence-corrected chi connectivity index (χ0v) is 18.3. The van der Waals surface area contributed by atoms with Crippen molar-refractivity contribution in [1.82, 2.24) is 0 Å². The number of hydrogen-bond acceptors (Lipinski definition) is 6. The molecule has 0 aromatic heterocycles. The van der Waals surface area contributed by atoms with E-state index < -0.39 is 18.5 Å². The van der Waals surface area contributed by atoms with Crippen molar-refractivity contribution in [2.75, 3.05) is 23.9 Å². The number of benzene rings is 2. The first-order chi connectivity index (χ1) is 15.9. The topological polar surface area (TPSA) is 102 Å². The summed E-state index contributed by atoms with van der Waals surface area (Å²) in [6.07, 6.45) is 4.47. The number of methoxy groups -OCH3 is 1. The van der Waals surface area contributed by atoms with E-state index in [1.807, 2.05) is 19.1 Å². The molecule has 1 N–H and O–H groups in total. The van der Waals surface area contributed by atoms with Crippen LogP contribution in [0.5, 0.6) is 5.75 Å². The van der Waals surface area contributed by atoms with Crippen LogP contribution >= 0.6 is 0 Å². The lowest BCUT2D eigenvalue weighted by Crippen LogP contribution is -2.31. The fraction of sp³-hybridized carbons (Fsp3) is 0.280. The number of allylic oxidation sites excluding steroid dienone is 2. The van der Waals surface area contributed by atoms with Crippen molar-refractivity contribution < 1.29 is 28.7 Å². The number of hydrogen-bond donors (Lipinski definition) is 1. The Kier molecular flexibility index (Phi) is 6.26. The highest BCUT2D eigenvalue weighted by Crippen LogP contribution is 2.40. The van der Waals surface area contributed by atoms with Crippen LogP contribution in [0.2, 0.25) is 0 Å². The van der Waals surface area contributed by atoms with Gasteiger partial charge < -0.3 is 14.8 Å². The zero-order valence-electron chi connectivity index (χ0n) is 18.3. The van der Waals surface area contributed by atoms with E-state index in [0.717, 1.165) is 0 Å². The van der Waals surface area contributed by atoms with Gasteiger partial charge in [0.05, 0.1) is 30.2 Å². The Morgan fingerprint density at radius 3 is 2.55 bits per heavy atom. The largest absolute Gasteiger partial charge is 0.497 e. The van der Waals surface area contributed by atoms with Crippen molar-refractivity contribution in [3.63, 3.8) is 0 Å². The molecular formula is C25H24N2O6. The first-order valence-corrected chi connectivity index (χ1v) is 10.6. The van der Waals surface area contributed by atoms with Gasteiger partial charge in [0.1, 0.15) is 5.75 Å². The van der Waals surface area contributed by atoms with Crippen molar-refractivity contribution >= 4 is 35.1 Å². The minimum Gasteiger partial charge on any atom is -0.497 e. The number of fused-ring (bicyclic) bond motifs is 1. The maximum atomic E-state index is 12.9. The molecule has 3 amide bonds. The maximum Gasteiger partial charge on any atom is 0.338 e. The highest BCUT2D eigenvalue weighted by atomic mass is 16.5. The number of nitrogens with one attached hydrogen (secondary N) is 1. The van der Waals surface area contributed by atoms with Crippen molar-refractivity contribution in [3.8, 4) is 5.75 Å². The number of carbonyl (C=O) groups is 4. The molecule has 0 bridgehead atoms. The number of esters is 1. The van der Waals surface area contributed by atoms with E-state index in [9.17, 15) is 19.2 Å². The van der Waals surface area contributed by atoms with E-state index in [1.165, 1.54) is 36.3 Å². The van der Waals surface area contributed by atoms with Gasteiger partial charge in [-0.3, -0.25) is 19.3 Å². The van der Waals surface area contributed by atoms with Gasteiger partial charge in [0, 0.05) is 11.8 Å². The molecule has 0 unspecified atom stereocenters. The molecule has 33 heavy (non-hydrogen) atoms. The Labute approximate surface area is 191 Å². The fourth-order valence-electron chi connectivity index (χ4n) is 4.26. The van der Waals surface area contributed by atoms with E-state index in [-0.39, 0.29) is 35.1 Å². The number of amides is 3. The highest BCUT2D eigenvalue weighted by molar-refractivity contribution is 6.22. The van der Waals surface area contributed by atoms with E-state index in [4.69, 9.17) is 9.47 Å². The average Bonchev–Trinajstić information content (AvgIpc) is 3.08. The smallest absolute Gasteiger partial charge is 0.338 e. The van der Waals surface area contributed by atoms with Crippen LogP contribution in [0.25, 0.3) is 0 Å². The molecule has 2 aromatic rings. The van der Waals surface area contributed by atoms with Crippen molar-refractivity contribution in [2.45, 2.75) is 13.3 Å². The standard InChI is InChI=1S/C25H24N2O6/c1-15-5-3-8-20-22(15)24(30)27(23(20)29)18-11-9-16(10-12-18)25(31)33-14-21(28)26-17-6-4-7-19(13-17)32-2/h3-7,9-13,15,20,22H,8,14H2,1-2H3,(H,26,28)/t15-,20+,22+/m0/s1. The van der Waals surface area contributed by atoms with Gasteiger partial charge in [-0.1, -0.05) is 25.1 Å². The molecule has 8 nitrogen and oxygen atoms in total. The number of carbonyl (C=O) groups excluding carboxylic acids is 4. The third kappa shape index (κ3) is 4.50. The zero-order chi connectivity index (χ0) is 23.5. The maximum absolute atomic E-state index is 12.9. The molecule has 170 valence electrons. The Hall–Kier alpha value is -3.94. The first-order valence-electron chi connectivity index (χ1n) is 10.6. The molecule has 1 saturated heterocycles. The normalized spacial score (nSPS) is 21.5. The summed E-state index contributed by atoms with van der Waals surface area (Å²) in [4.78, 5) is 51.3. The fourth-order valence-corrected chi connectivity index (χ4v) is 4.26. The minimum atomic E-state index is -0.687. The van der Waals surface area contributed by atoms with E-state index in [2.05, 4.69) is 5.32 Å². The van der Waals surface area contributed by atoms with Crippen LogP contribution in [0.3, 0.4) is 0 Å². The lowest BCUT2D eigenvalue weighted by atomic mass is 9.78. The first kappa shape index (κ1) is 22.3. The van der Waals surface area contributed by atoms with E-state index in [0.29, 0.717) is 23.5 Å². The number of ether oxygens (including phenoxy) is 2. The molecule has 1 aliphatic heterocycles. The van der Waals surface area contributed by atoms with Gasteiger partial charge in [-0.2, -0.15) is 0 Å². The Morgan fingerprint density at radius 1 is 1.09 bits per heavy atom. The molecule has 0 saturated carbocycles. The second-order valence-corrected chi connectivity index (χ2v) is 8.07. The summed E-state index contributed by atoms with van der Waals surface area (Å²) in [6.45, 7) is 1.47. The quantitative estimate of drug-likeness (QED) is 0.414. The molecule has 1 heterocycles. The Balaban J connectivity index is 1.36. The molecule has 2 aliphatic rings. The summed E-state index contributed by atoms with van der Waals surface area (Å²) in [5.74, 6) is -1.72. The van der Waals surface area contributed by atoms with Gasteiger partial charge in [0.2, 0.25) is 11.8 Å². The van der Waals surface area contributed by atoms with Crippen molar-refractivity contribution in [3.05, 3.63) is 66.2 Å². The minimum absolute atomic E-state index is 0.00238. The average molecular weight is 448 g/mol. The van der Waals surface area contributed by atoms with Gasteiger partial charge in [-0.25, -0.2) is 4.79 Å². The summed E-state index contributed by atoms with van der Waals surface area (Å²) >= 11 is 0. The number of anilines is 2. The SMILES string of the molecule is COc1cccc(NC(=O)COC(=O)c2ccc(N3C(=O)[C@@H]4[C@@H](C)C=CC[C@H]4C3=O)cc2)c1. The van der Waals surface area contributed by atoms with Crippen LogP contribution in [-0.4, -0.2) is 37.4 Å². The van der Waals surface area contributed by atoms with Crippen molar-refractivity contribution in [2.24, 2.45) is 17.8 Å². The van der Waals surface area contributed by atoms with E-state index >= 15 is 0 Å². The predicted molar refractivity (Wildman–Crippen MR) is 121 cm³/mol. The summed E-state index contributed by atoms with van der Waals surface area (Å²) in [7, 11) is 1.52. The molecule has 4 rings (SSSR count). The third-order valence-corrected chi connectivity index (χ3v) is 5.92. The predicted octanol–water partition coefficient (Wildman–Crippen LogP) is 3.19. The van der Waals surface area contributed by atoms with Gasteiger partial charge >= 0.3 is 5.97 Å². The molecule has 1 fully saturated rings. The molecule has 2 aromatic carbocycles. The summed E-state index contributed by atoms with van der Waals surface area (Å²) in [5, 5.41) is 2.62. The molecule has 0 radical (unpaired) electrons. The third-order valence-electron chi connectivity index (χ3n) is 5.92. The number of rotatable bonds is 6. The molecular weight excluding hydrogens is 424 g/mol. The summed E-state index contributed by atoms with van der Waals surface area (Å²) in [5.41, 5.74) is 1.14. The molecule has 0 spiro atoms. The summed E-state index contributed by atoms with van der Waals surface area (Å²) in [6, 6.07) is 12.8. The van der Waals surface area contributed by atoms with Gasteiger partial charge in [0.15, 0.2) is 6.61 Å². The monoisotopic (exact) mass is 448 g/mol. The van der Waals surface area contributed by atoms with Crippen LogP contribution in [0, 0.1) is 17.8 Å². The van der Waals surface area contributed by atoms with Crippen LogP contribution in [0.15, 0.2) is 60.7 Å².